The van der Waals surface area contributed by atoms with Crippen LogP contribution in [0.3, 0.4) is 0 Å². The van der Waals surface area contributed by atoms with E-state index >= 15 is 0 Å². The van der Waals surface area contributed by atoms with E-state index in [0.717, 1.165) is 11.6 Å². The molecule has 1 saturated heterocycles. The topological polar surface area (TPSA) is 26.7 Å². The Bertz CT molecular complexity index is 711. The van der Waals surface area contributed by atoms with Crippen LogP contribution in [0.5, 0.6) is 0 Å². The normalized spacial score (nSPS) is 20.7. The van der Waals surface area contributed by atoms with E-state index in [1.165, 1.54) is 58.6 Å². The van der Waals surface area contributed by atoms with Crippen LogP contribution in [0.4, 0.5) is 5.69 Å². The Kier molecular flexibility index (Phi) is 2.64. The highest BCUT2D eigenvalue weighted by Crippen LogP contribution is 2.26. The maximum atomic E-state index is 9.86. The number of hydroxylamine groups is 2. The van der Waals surface area contributed by atoms with Crippen molar-refractivity contribution in [3.8, 4) is 0 Å². The average Bonchev–Trinajstić information content (AvgIpc) is 2.91. The zero-order chi connectivity index (χ0) is 13.7. The quantitative estimate of drug-likeness (QED) is 0.833. The summed E-state index contributed by atoms with van der Waals surface area (Å²) in [5.41, 5.74) is 5.51. The van der Waals surface area contributed by atoms with Crippen LogP contribution < -0.4 is 15.3 Å². The maximum absolute atomic E-state index is 9.86. The molecule has 104 valence electrons. The molecule has 1 fully saturated rings. The SMILES string of the molecule is CC1=CC2=c3c(c(N4CCCC4)ccc3=CN(O)C2)C1. The highest BCUT2D eigenvalue weighted by atomic mass is 16.5. The highest BCUT2D eigenvalue weighted by molar-refractivity contribution is 5.71. The lowest BCUT2D eigenvalue weighted by Crippen LogP contribution is -2.42. The van der Waals surface area contributed by atoms with Crippen LogP contribution in [0, 0.1) is 0 Å². The van der Waals surface area contributed by atoms with E-state index in [1.54, 1.807) is 0 Å². The van der Waals surface area contributed by atoms with Gasteiger partial charge in [0.05, 0.1) is 6.54 Å². The molecule has 1 aliphatic carbocycles. The summed E-state index contributed by atoms with van der Waals surface area (Å²) >= 11 is 0. The van der Waals surface area contributed by atoms with Gasteiger partial charge in [-0.25, -0.2) is 0 Å². The third-order valence-electron chi connectivity index (χ3n) is 4.58. The summed E-state index contributed by atoms with van der Waals surface area (Å²) < 4.78 is 0. The average molecular weight is 268 g/mol. The molecule has 3 nitrogen and oxygen atoms in total. The van der Waals surface area contributed by atoms with Crippen LogP contribution in [-0.2, 0) is 6.42 Å². The zero-order valence-electron chi connectivity index (χ0n) is 11.9. The molecule has 0 amide bonds. The molecule has 20 heavy (non-hydrogen) atoms. The van der Waals surface area contributed by atoms with E-state index < -0.39 is 0 Å². The molecule has 0 radical (unpaired) electrons. The molecular weight excluding hydrogens is 248 g/mol. The molecule has 0 unspecified atom stereocenters. The van der Waals surface area contributed by atoms with Crippen LogP contribution in [0.2, 0.25) is 0 Å². The minimum atomic E-state index is 0.598. The van der Waals surface area contributed by atoms with Crippen molar-refractivity contribution in [1.82, 2.24) is 5.06 Å². The van der Waals surface area contributed by atoms with Crippen molar-refractivity contribution in [2.24, 2.45) is 0 Å². The summed E-state index contributed by atoms with van der Waals surface area (Å²) in [6.45, 7) is 5.15. The Morgan fingerprint density at radius 1 is 1.15 bits per heavy atom. The molecule has 1 aromatic rings. The van der Waals surface area contributed by atoms with Crippen LogP contribution in [0.1, 0.15) is 25.3 Å². The molecule has 4 rings (SSSR count). The van der Waals surface area contributed by atoms with Gasteiger partial charge in [0.1, 0.15) is 0 Å². The van der Waals surface area contributed by atoms with Gasteiger partial charge in [0.25, 0.3) is 0 Å². The van der Waals surface area contributed by atoms with Crippen molar-refractivity contribution in [3.63, 3.8) is 0 Å². The fraction of sp³-hybridized carbons (Fsp3) is 0.412. The predicted octanol–water partition coefficient (Wildman–Crippen LogP) is 1.38. The van der Waals surface area contributed by atoms with Crippen molar-refractivity contribution < 1.29 is 5.21 Å². The molecule has 0 aromatic heterocycles. The van der Waals surface area contributed by atoms with E-state index in [9.17, 15) is 5.21 Å². The van der Waals surface area contributed by atoms with Crippen LogP contribution in [0.15, 0.2) is 23.8 Å². The summed E-state index contributed by atoms with van der Waals surface area (Å²) in [6.07, 6.45) is 7.75. The van der Waals surface area contributed by atoms with Gasteiger partial charge in [0, 0.05) is 30.2 Å². The number of hydrogen-bond donors (Lipinski definition) is 1. The first-order valence-electron chi connectivity index (χ1n) is 7.47. The van der Waals surface area contributed by atoms with Crippen molar-refractivity contribution in [2.45, 2.75) is 26.2 Å². The standard InChI is InChI=1S/C17H20N2O/c1-12-8-14-11-19(20)10-13-4-5-16(15(9-12)17(13)14)18-6-2-3-7-18/h4-5,8,10,20H,2-3,6-7,9,11H2,1H3. The molecule has 0 atom stereocenters. The molecule has 0 bridgehead atoms. The fourth-order valence-corrected chi connectivity index (χ4v) is 3.78. The third-order valence-corrected chi connectivity index (χ3v) is 4.58. The predicted molar refractivity (Wildman–Crippen MR) is 81.0 cm³/mol. The number of hydrogen-bond acceptors (Lipinski definition) is 3. The molecule has 3 heteroatoms. The van der Waals surface area contributed by atoms with E-state index in [1.807, 2.05) is 6.20 Å². The lowest BCUT2D eigenvalue weighted by molar-refractivity contribution is -0.00748. The number of rotatable bonds is 1. The lowest BCUT2D eigenvalue weighted by Gasteiger charge is -2.28. The number of benzene rings is 1. The Balaban J connectivity index is 1.99. The van der Waals surface area contributed by atoms with Gasteiger partial charge in [-0.2, -0.15) is 0 Å². The third kappa shape index (κ3) is 1.77. The summed E-state index contributed by atoms with van der Waals surface area (Å²) in [4.78, 5) is 2.52. The molecule has 3 aliphatic rings. The summed E-state index contributed by atoms with van der Waals surface area (Å²) in [7, 11) is 0. The Hall–Kier alpha value is -1.74. The second-order valence-electron chi connectivity index (χ2n) is 6.14. The van der Waals surface area contributed by atoms with Crippen molar-refractivity contribution in [3.05, 3.63) is 39.8 Å². The highest BCUT2D eigenvalue weighted by Gasteiger charge is 2.21. The van der Waals surface area contributed by atoms with E-state index in [0.29, 0.717) is 6.54 Å². The van der Waals surface area contributed by atoms with Gasteiger partial charge in [0.2, 0.25) is 0 Å². The van der Waals surface area contributed by atoms with Crippen molar-refractivity contribution in [2.75, 3.05) is 24.5 Å². The smallest absolute Gasteiger partial charge is 0.0703 e. The fourth-order valence-electron chi connectivity index (χ4n) is 3.78. The largest absolute Gasteiger partial charge is 0.371 e. The number of anilines is 1. The van der Waals surface area contributed by atoms with Gasteiger partial charge in [-0.1, -0.05) is 17.7 Å². The van der Waals surface area contributed by atoms with E-state index in [4.69, 9.17) is 0 Å². The minimum Gasteiger partial charge on any atom is -0.371 e. The van der Waals surface area contributed by atoms with Crippen molar-refractivity contribution >= 4 is 17.5 Å². The number of nitrogens with zero attached hydrogens (tertiary/aromatic N) is 2. The zero-order valence-corrected chi connectivity index (χ0v) is 11.9. The molecule has 1 N–H and O–H groups in total. The van der Waals surface area contributed by atoms with E-state index in [-0.39, 0.29) is 0 Å². The van der Waals surface area contributed by atoms with Gasteiger partial charge in [0.15, 0.2) is 0 Å². The Labute approximate surface area is 119 Å². The van der Waals surface area contributed by atoms with Gasteiger partial charge >= 0.3 is 0 Å². The Morgan fingerprint density at radius 2 is 1.95 bits per heavy atom. The first kappa shape index (κ1) is 12.0. The van der Waals surface area contributed by atoms with Gasteiger partial charge in [-0.05, 0) is 48.6 Å². The maximum Gasteiger partial charge on any atom is 0.0703 e. The second-order valence-corrected chi connectivity index (χ2v) is 6.14. The summed E-state index contributed by atoms with van der Waals surface area (Å²) in [6, 6.07) is 4.40. The number of allylic oxidation sites excluding steroid dienone is 1. The minimum absolute atomic E-state index is 0.598. The van der Waals surface area contributed by atoms with Crippen molar-refractivity contribution in [1.29, 1.82) is 0 Å². The molecule has 0 spiro atoms. The van der Waals surface area contributed by atoms with Gasteiger partial charge in [-0.15, -0.1) is 0 Å². The van der Waals surface area contributed by atoms with Crippen LogP contribution >= 0.6 is 0 Å². The summed E-state index contributed by atoms with van der Waals surface area (Å²) in [5.74, 6) is 0. The second kappa shape index (κ2) is 4.38. The van der Waals surface area contributed by atoms with Gasteiger partial charge in [-0.3, -0.25) is 10.3 Å². The molecule has 2 aliphatic heterocycles. The Morgan fingerprint density at radius 3 is 2.75 bits per heavy atom. The molecular formula is C17H20N2O. The van der Waals surface area contributed by atoms with Crippen LogP contribution in [0.25, 0.3) is 11.8 Å². The van der Waals surface area contributed by atoms with E-state index in [2.05, 4.69) is 30.0 Å². The monoisotopic (exact) mass is 268 g/mol. The van der Waals surface area contributed by atoms with Crippen LogP contribution in [-0.4, -0.2) is 29.9 Å². The molecule has 2 heterocycles. The first-order chi connectivity index (χ1) is 9.72. The summed E-state index contributed by atoms with van der Waals surface area (Å²) in [5, 5.41) is 13.7. The van der Waals surface area contributed by atoms with Gasteiger partial charge < -0.3 is 4.90 Å². The molecule has 1 aromatic carbocycles. The lowest BCUT2D eigenvalue weighted by atomic mass is 9.90. The first-order valence-corrected chi connectivity index (χ1v) is 7.47. The molecule has 0 saturated carbocycles.